The molecule has 3 aromatic rings. The zero-order valence-corrected chi connectivity index (χ0v) is 15.0. The number of ether oxygens (including phenoxy) is 1. The molecule has 9 heteroatoms. The molecule has 0 aliphatic heterocycles. The smallest absolute Gasteiger partial charge is 0.263 e. The number of aromatic nitrogens is 1. The van der Waals surface area contributed by atoms with Gasteiger partial charge in [0.15, 0.2) is 0 Å². The lowest BCUT2D eigenvalue weighted by molar-refractivity contribution is 0.304. The van der Waals surface area contributed by atoms with Gasteiger partial charge in [-0.3, -0.25) is 4.72 Å². The van der Waals surface area contributed by atoms with E-state index < -0.39 is 15.8 Å². The Morgan fingerprint density at radius 2 is 2.04 bits per heavy atom. The summed E-state index contributed by atoms with van der Waals surface area (Å²) in [5, 5.41) is 1.76. The van der Waals surface area contributed by atoms with E-state index in [1.165, 1.54) is 17.4 Å². The van der Waals surface area contributed by atoms with Gasteiger partial charge in [-0.25, -0.2) is 17.8 Å². The largest absolute Gasteiger partial charge is 0.485 e. The molecule has 25 heavy (non-hydrogen) atoms. The molecule has 3 rings (SSSR count). The minimum Gasteiger partial charge on any atom is -0.485 e. The predicted molar refractivity (Wildman–Crippen MR) is 95.1 cm³/mol. The van der Waals surface area contributed by atoms with Crippen molar-refractivity contribution in [2.24, 2.45) is 0 Å². The molecule has 0 fully saturated rings. The van der Waals surface area contributed by atoms with Crippen LogP contribution in [0.3, 0.4) is 0 Å². The SMILES string of the molecule is O=S(=O)(Nc1ccccc1OCc1cscn1)c1cc(F)ccc1Cl. The van der Waals surface area contributed by atoms with E-state index in [2.05, 4.69) is 9.71 Å². The van der Waals surface area contributed by atoms with Crippen molar-refractivity contribution in [3.05, 3.63) is 69.9 Å². The monoisotopic (exact) mass is 398 g/mol. The maximum Gasteiger partial charge on any atom is 0.263 e. The minimum atomic E-state index is -4.08. The van der Waals surface area contributed by atoms with E-state index in [9.17, 15) is 12.8 Å². The third kappa shape index (κ3) is 4.28. The lowest BCUT2D eigenvalue weighted by atomic mass is 10.3. The molecule has 0 spiro atoms. The van der Waals surface area contributed by atoms with Crippen molar-refractivity contribution in [3.63, 3.8) is 0 Å². The van der Waals surface area contributed by atoms with E-state index in [4.69, 9.17) is 16.3 Å². The van der Waals surface area contributed by atoms with Crippen molar-refractivity contribution in [2.75, 3.05) is 4.72 Å². The molecule has 130 valence electrons. The summed E-state index contributed by atoms with van der Waals surface area (Å²) in [7, 11) is -4.08. The number of para-hydroxylation sites is 2. The summed E-state index contributed by atoms with van der Waals surface area (Å²) in [6.45, 7) is 0.197. The Balaban J connectivity index is 1.86. The number of rotatable bonds is 6. The van der Waals surface area contributed by atoms with E-state index >= 15 is 0 Å². The Morgan fingerprint density at radius 3 is 2.80 bits per heavy atom. The van der Waals surface area contributed by atoms with Gasteiger partial charge in [0.25, 0.3) is 10.0 Å². The Bertz CT molecular complexity index is 979. The first-order valence-electron chi connectivity index (χ1n) is 7.02. The number of halogens is 2. The van der Waals surface area contributed by atoms with Crippen molar-refractivity contribution in [1.29, 1.82) is 0 Å². The summed E-state index contributed by atoms with van der Waals surface area (Å²) < 4.78 is 46.5. The number of benzene rings is 2. The van der Waals surface area contributed by atoms with E-state index in [0.29, 0.717) is 5.75 Å². The summed E-state index contributed by atoms with van der Waals surface area (Å²) in [6.07, 6.45) is 0. The summed E-state index contributed by atoms with van der Waals surface area (Å²) in [5.41, 5.74) is 2.63. The quantitative estimate of drug-likeness (QED) is 0.671. The topological polar surface area (TPSA) is 68.3 Å². The Kier molecular flexibility index (Phi) is 5.22. The van der Waals surface area contributed by atoms with Gasteiger partial charge in [0.1, 0.15) is 23.1 Å². The second-order valence-electron chi connectivity index (χ2n) is 4.94. The van der Waals surface area contributed by atoms with Crippen molar-refractivity contribution in [2.45, 2.75) is 11.5 Å². The maximum atomic E-state index is 13.4. The van der Waals surface area contributed by atoms with Crippen LogP contribution in [0.4, 0.5) is 10.1 Å². The van der Waals surface area contributed by atoms with Gasteiger partial charge in [0.2, 0.25) is 0 Å². The fourth-order valence-corrected chi connectivity index (χ4v) is 4.15. The molecule has 1 heterocycles. The van der Waals surface area contributed by atoms with Gasteiger partial charge in [-0.05, 0) is 30.3 Å². The number of anilines is 1. The molecule has 0 saturated carbocycles. The first-order chi connectivity index (χ1) is 12.0. The third-order valence-electron chi connectivity index (χ3n) is 3.17. The van der Waals surface area contributed by atoms with Gasteiger partial charge in [-0.1, -0.05) is 23.7 Å². The average molecular weight is 399 g/mol. The lowest BCUT2D eigenvalue weighted by Crippen LogP contribution is -2.14. The van der Waals surface area contributed by atoms with Crippen LogP contribution in [0.2, 0.25) is 5.02 Å². The van der Waals surface area contributed by atoms with Crippen molar-refractivity contribution in [3.8, 4) is 5.75 Å². The van der Waals surface area contributed by atoms with E-state index in [-0.39, 0.29) is 22.2 Å². The first kappa shape index (κ1) is 17.7. The van der Waals surface area contributed by atoms with Crippen LogP contribution >= 0.6 is 22.9 Å². The minimum absolute atomic E-state index is 0.0743. The summed E-state index contributed by atoms with van der Waals surface area (Å²) >= 11 is 7.33. The molecule has 5 nitrogen and oxygen atoms in total. The highest BCUT2D eigenvalue weighted by Gasteiger charge is 2.20. The van der Waals surface area contributed by atoms with Crippen LogP contribution in [0, 0.1) is 5.82 Å². The zero-order valence-electron chi connectivity index (χ0n) is 12.6. The van der Waals surface area contributed by atoms with Crippen LogP contribution < -0.4 is 9.46 Å². The molecule has 0 saturated heterocycles. The zero-order chi connectivity index (χ0) is 17.9. The third-order valence-corrected chi connectivity index (χ3v) is 5.66. The fraction of sp³-hybridized carbons (Fsp3) is 0.0625. The Labute approximate surface area is 153 Å². The van der Waals surface area contributed by atoms with Crippen molar-refractivity contribution < 1.29 is 17.5 Å². The summed E-state index contributed by atoms with van der Waals surface area (Å²) in [6, 6.07) is 9.67. The van der Waals surface area contributed by atoms with Gasteiger partial charge in [-0.2, -0.15) is 0 Å². The number of nitrogens with one attached hydrogen (secondary N) is 1. The van der Waals surface area contributed by atoms with Crippen LogP contribution in [0.15, 0.2) is 58.3 Å². The molecule has 1 N–H and O–H groups in total. The number of nitrogens with zero attached hydrogens (tertiary/aromatic N) is 1. The van der Waals surface area contributed by atoms with E-state index in [0.717, 1.165) is 17.8 Å². The first-order valence-corrected chi connectivity index (χ1v) is 9.83. The Morgan fingerprint density at radius 1 is 1.24 bits per heavy atom. The van der Waals surface area contributed by atoms with Crippen LogP contribution in [0.1, 0.15) is 5.69 Å². The highest BCUT2D eigenvalue weighted by Crippen LogP contribution is 2.29. The van der Waals surface area contributed by atoms with Crippen molar-refractivity contribution in [1.82, 2.24) is 4.98 Å². The van der Waals surface area contributed by atoms with Crippen LogP contribution in [-0.2, 0) is 16.6 Å². The van der Waals surface area contributed by atoms with Gasteiger partial charge in [0.05, 0.1) is 21.9 Å². The molecule has 0 aliphatic rings. The van der Waals surface area contributed by atoms with Crippen molar-refractivity contribution >= 4 is 38.6 Å². The lowest BCUT2D eigenvalue weighted by Gasteiger charge is -2.14. The van der Waals surface area contributed by atoms with Crippen LogP contribution in [0.25, 0.3) is 0 Å². The highest BCUT2D eigenvalue weighted by molar-refractivity contribution is 7.92. The summed E-state index contributed by atoms with van der Waals surface area (Å²) in [4.78, 5) is 3.76. The second kappa shape index (κ2) is 7.38. The molecular weight excluding hydrogens is 387 g/mol. The predicted octanol–water partition coefficient (Wildman–Crippen LogP) is 4.32. The molecule has 0 unspecified atom stereocenters. The normalized spacial score (nSPS) is 11.3. The average Bonchev–Trinajstić information content (AvgIpc) is 3.09. The number of thiazole rings is 1. The maximum absolute atomic E-state index is 13.4. The molecule has 0 bridgehead atoms. The molecule has 1 aromatic heterocycles. The molecule has 2 aromatic carbocycles. The van der Waals surface area contributed by atoms with Crippen LogP contribution in [-0.4, -0.2) is 13.4 Å². The molecule has 0 radical (unpaired) electrons. The number of hydrogen-bond acceptors (Lipinski definition) is 5. The van der Waals surface area contributed by atoms with Gasteiger partial charge >= 0.3 is 0 Å². The van der Waals surface area contributed by atoms with Gasteiger partial charge < -0.3 is 4.74 Å². The van der Waals surface area contributed by atoms with E-state index in [1.54, 1.807) is 29.8 Å². The standard InChI is InChI=1S/C16H12ClFN2O3S2/c17-13-6-5-11(18)7-16(13)25(21,22)20-14-3-1-2-4-15(14)23-8-12-9-24-10-19-12/h1-7,9-10,20H,8H2. The summed E-state index contributed by atoms with van der Waals surface area (Å²) in [5.74, 6) is -0.371. The highest BCUT2D eigenvalue weighted by atomic mass is 35.5. The number of hydrogen-bond donors (Lipinski definition) is 1. The molecule has 0 atom stereocenters. The number of sulfonamides is 1. The Hall–Kier alpha value is -2.16. The molecule has 0 amide bonds. The molecule has 0 aliphatic carbocycles. The second-order valence-corrected chi connectivity index (χ2v) is 7.72. The van der Waals surface area contributed by atoms with Gasteiger partial charge in [-0.15, -0.1) is 11.3 Å². The fourth-order valence-electron chi connectivity index (χ4n) is 2.02. The molecular formula is C16H12ClFN2O3S2. The van der Waals surface area contributed by atoms with Gasteiger partial charge in [0, 0.05) is 5.38 Å². The van der Waals surface area contributed by atoms with E-state index in [1.807, 2.05) is 5.38 Å². The van der Waals surface area contributed by atoms with Crippen LogP contribution in [0.5, 0.6) is 5.75 Å².